The molecule has 0 saturated heterocycles. The first-order valence-electron chi connectivity index (χ1n) is 7.45. The molecule has 1 aromatic carbocycles. The zero-order chi connectivity index (χ0) is 16.6. The molecule has 0 radical (unpaired) electrons. The lowest BCUT2D eigenvalue weighted by atomic mass is 10.1. The van der Waals surface area contributed by atoms with Gasteiger partial charge in [-0.2, -0.15) is 13.2 Å². The van der Waals surface area contributed by atoms with Gasteiger partial charge in [0.05, 0.1) is 11.1 Å². The van der Waals surface area contributed by atoms with Crippen LogP contribution in [0.5, 0.6) is 0 Å². The van der Waals surface area contributed by atoms with E-state index in [0.29, 0.717) is 6.54 Å². The van der Waals surface area contributed by atoms with Gasteiger partial charge < -0.3 is 4.74 Å². The largest absolute Gasteiger partial charge is 0.461 e. The Bertz CT molecular complexity index is 469. The summed E-state index contributed by atoms with van der Waals surface area (Å²) in [5.41, 5.74) is -1.40. The zero-order valence-electron chi connectivity index (χ0n) is 12.9. The number of alkyl halides is 3. The van der Waals surface area contributed by atoms with Gasteiger partial charge in [-0.3, -0.25) is 4.90 Å². The average Bonchev–Trinajstić information content (AvgIpc) is 2.46. The second kappa shape index (κ2) is 8.78. The third-order valence-electron chi connectivity index (χ3n) is 3.17. The number of benzene rings is 1. The molecule has 0 atom stereocenters. The highest BCUT2D eigenvalue weighted by molar-refractivity contribution is 5.91. The fourth-order valence-electron chi connectivity index (χ4n) is 2.22. The number of ether oxygens (including phenoxy) is 1. The molecule has 22 heavy (non-hydrogen) atoms. The van der Waals surface area contributed by atoms with E-state index < -0.39 is 23.3 Å². The number of hydrogen-bond acceptors (Lipinski definition) is 3. The van der Waals surface area contributed by atoms with Crippen molar-refractivity contribution < 1.29 is 22.7 Å². The second-order valence-corrected chi connectivity index (χ2v) is 5.02. The van der Waals surface area contributed by atoms with Crippen molar-refractivity contribution in [3.05, 3.63) is 35.4 Å². The van der Waals surface area contributed by atoms with Crippen LogP contribution in [0.4, 0.5) is 13.2 Å². The predicted molar refractivity (Wildman–Crippen MR) is 78.7 cm³/mol. The maximum atomic E-state index is 12.8. The Kier molecular flexibility index (Phi) is 7.38. The number of esters is 1. The van der Waals surface area contributed by atoms with Gasteiger partial charge in [0.15, 0.2) is 0 Å². The molecule has 0 fully saturated rings. The van der Waals surface area contributed by atoms with Crippen molar-refractivity contribution >= 4 is 5.97 Å². The number of carbonyl (C=O) groups excluding carboxylic acids is 1. The van der Waals surface area contributed by atoms with Crippen molar-refractivity contribution in [3.63, 3.8) is 0 Å². The van der Waals surface area contributed by atoms with Crippen LogP contribution in [0.15, 0.2) is 24.3 Å². The first-order valence-corrected chi connectivity index (χ1v) is 7.45. The molecular weight excluding hydrogens is 295 g/mol. The van der Waals surface area contributed by atoms with Gasteiger partial charge in [0.2, 0.25) is 0 Å². The molecule has 0 N–H and O–H groups in total. The molecule has 0 aliphatic carbocycles. The zero-order valence-corrected chi connectivity index (χ0v) is 12.9. The highest BCUT2D eigenvalue weighted by Crippen LogP contribution is 2.32. The molecule has 0 spiro atoms. The molecule has 0 bridgehead atoms. The topological polar surface area (TPSA) is 29.5 Å². The Labute approximate surface area is 129 Å². The van der Waals surface area contributed by atoms with Crippen molar-refractivity contribution in [1.29, 1.82) is 0 Å². The SMILES string of the molecule is CCCN(CCC)CCOC(=O)c1ccccc1C(F)(F)F. The summed E-state index contributed by atoms with van der Waals surface area (Å²) in [5.74, 6) is -0.930. The van der Waals surface area contributed by atoms with Crippen LogP contribution in [0.2, 0.25) is 0 Å². The molecule has 0 aromatic heterocycles. The fraction of sp³-hybridized carbons (Fsp3) is 0.562. The number of hydrogen-bond donors (Lipinski definition) is 0. The van der Waals surface area contributed by atoms with E-state index in [9.17, 15) is 18.0 Å². The molecule has 0 unspecified atom stereocenters. The normalized spacial score (nSPS) is 11.7. The van der Waals surface area contributed by atoms with Crippen LogP contribution in [0.3, 0.4) is 0 Å². The molecular formula is C16H22F3NO2. The molecule has 1 aromatic rings. The maximum Gasteiger partial charge on any atom is 0.417 e. The second-order valence-electron chi connectivity index (χ2n) is 5.02. The van der Waals surface area contributed by atoms with E-state index in [2.05, 4.69) is 4.90 Å². The number of rotatable bonds is 8. The molecule has 0 heterocycles. The summed E-state index contributed by atoms with van der Waals surface area (Å²) in [4.78, 5) is 14.0. The summed E-state index contributed by atoms with van der Waals surface area (Å²) in [6.07, 6.45) is -2.61. The quantitative estimate of drug-likeness (QED) is 0.679. The lowest BCUT2D eigenvalue weighted by Gasteiger charge is -2.20. The number of halogens is 3. The first-order chi connectivity index (χ1) is 10.4. The van der Waals surface area contributed by atoms with E-state index in [1.807, 2.05) is 13.8 Å². The third kappa shape index (κ3) is 5.67. The van der Waals surface area contributed by atoms with Gasteiger partial charge in [0.25, 0.3) is 0 Å². The van der Waals surface area contributed by atoms with E-state index in [-0.39, 0.29) is 6.61 Å². The van der Waals surface area contributed by atoms with Crippen LogP contribution in [0.25, 0.3) is 0 Å². The van der Waals surface area contributed by atoms with E-state index in [0.717, 1.165) is 38.1 Å². The van der Waals surface area contributed by atoms with Crippen LogP contribution in [0, 0.1) is 0 Å². The van der Waals surface area contributed by atoms with Crippen LogP contribution < -0.4 is 0 Å². The van der Waals surface area contributed by atoms with Crippen LogP contribution in [0.1, 0.15) is 42.6 Å². The molecule has 0 aliphatic rings. The molecule has 0 saturated carbocycles. The van der Waals surface area contributed by atoms with Crippen LogP contribution in [-0.2, 0) is 10.9 Å². The Morgan fingerprint density at radius 3 is 2.23 bits per heavy atom. The van der Waals surface area contributed by atoms with Crippen molar-refractivity contribution in [2.24, 2.45) is 0 Å². The van der Waals surface area contributed by atoms with Crippen molar-refractivity contribution in [3.8, 4) is 0 Å². The fourth-order valence-corrected chi connectivity index (χ4v) is 2.22. The Hall–Kier alpha value is -1.56. The smallest absolute Gasteiger partial charge is 0.417 e. The van der Waals surface area contributed by atoms with Gasteiger partial charge in [0, 0.05) is 6.54 Å². The summed E-state index contributed by atoms with van der Waals surface area (Å²) < 4.78 is 43.5. The summed E-state index contributed by atoms with van der Waals surface area (Å²) in [6, 6.07) is 4.67. The van der Waals surface area contributed by atoms with E-state index in [4.69, 9.17) is 4.74 Å². The predicted octanol–water partition coefficient (Wildman–Crippen LogP) is 3.98. The van der Waals surface area contributed by atoms with Gasteiger partial charge in [-0.15, -0.1) is 0 Å². The Morgan fingerprint density at radius 1 is 1.09 bits per heavy atom. The van der Waals surface area contributed by atoms with Gasteiger partial charge in [-0.25, -0.2) is 4.79 Å². The molecule has 1 rings (SSSR count). The minimum atomic E-state index is -4.56. The van der Waals surface area contributed by atoms with Gasteiger partial charge in [-0.1, -0.05) is 26.0 Å². The summed E-state index contributed by atoms with van der Waals surface area (Å²) in [6.45, 7) is 6.48. The number of carbonyl (C=O) groups is 1. The summed E-state index contributed by atoms with van der Waals surface area (Å²) >= 11 is 0. The molecule has 124 valence electrons. The average molecular weight is 317 g/mol. The minimum Gasteiger partial charge on any atom is -0.461 e. The molecule has 0 aliphatic heterocycles. The monoisotopic (exact) mass is 317 g/mol. The lowest BCUT2D eigenvalue weighted by Crippen LogP contribution is -2.30. The van der Waals surface area contributed by atoms with Crippen LogP contribution in [-0.4, -0.2) is 37.1 Å². The van der Waals surface area contributed by atoms with Crippen molar-refractivity contribution in [2.45, 2.75) is 32.9 Å². The highest BCUT2D eigenvalue weighted by atomic mass is 19.4. The van der Waals surface area contributed by atoms with Crippen molar-refractivity contribution in [2.75, 3.05) is 26.2 Å². The third-order valence-corrected chi connectivity index (χ3v) is 3.17. The van der Waals surface area contributed by atoms with E-state index in [1.165, 1.54) is 12.1 Å². The summed E-state index contributed by atoms with van der Waals surface area (Å²) in [7, 11) is 0. The Morgan fingerprint density at radius 2 is 1.68 bits per heavy atom. The maximum absolute atomic E-state index is 12.8. The summed E-state index contributed by atoms with van der Waals surface area (Å²) in [5, 5.41) is 0. The lowest BCUT2D eigenvalue weighted by molar-refractivity contribution is -0.138. The molecule has 3 nitrogen and oxygen atoms in total. The highest BCUT2D eigenvalue weighted by Gasteiger charge is 2.35. The standard InChI is InChI=1S/C16H22F3NO2/c1-3-9-20(10-4-2)11-12-22-15(21)13-7-5-6-8-14(13)16(17,18)19/h5-8H,3-4,9-12H2,1-2H3. The van der Waals surface area contributed by atoms with Gasteiger partial charge in [0.1, 0.15) is 6.61 Å². The van der Waals surface area contributed by atoms with E-state index in [1.54, 1.807) is 0 Å². The van der Waals surface area contributed by atoms with Gasteiger partial charge in [-0.05, 0) is 38.1 Å². The molecule has 0 amide bonds. The number of nitrogens with zero attached hydrogens (tertiary/aromatic N) is 1. The molecule has 6 heteroatoms. The Balaban J connectivity index is 2.63. The van der Waals surface area contributed by atoms with Gasteiger partial charge >= 0.3 is 12.1 Å². The van der Waals surface area contributed by atoms with Crippen LogP contribution >= 0.6 is 0 Å². The van der Waals surface area contributed by atoms with E-state index >= 15 is 0 Å². The minimum absolute atomic E-state index is 0.0883. The van der Waals surface area contributed by atoms with Crippen molar-refractivity contribution in [1.82, 2.24) is 4.90 Å². The first kappa shape index (κ1) is 18.5.